The highest BCUT2D eigenvalue weighted by Gasteiger charge is 2.22. The van der Waals surface area contributed by atoms with Gasteiger partial charge in [0, 0.05) is 50.3 Å². The van der Waals surface area contributed by atoms with Crippen LogP contribution in [0.1, 0.15) is 52.9 Å². The lowest BCUT2D eigenvalue weighted by Gasteiger charge is -2.22. The Morgan fingerprint density at radius 2 is 1.19 bits per heavy atom. The minimum atomic E-state index is -0.121. The molecule has 5 heteroatoms. The molecule has 4 heterocycles. The van der Waals surface area contributed by atoms with E-state index < -0.39 is 0 Å². The Balaban J connectivity index is 1.36. The summed E-state index contributed by atoms with van der Waals surface area (Å²) in [6.45, 7) is 13.2. The molecule has 7 rings (SSSR count). The van der Waals surface area contributed by atoms with Crippen LogP contribution < -0.4 is 0 Å². The topological polar surface area (TPSA) is 56.0 Å². The summed E-state index contributed by atoms with van der Waals surface area (Å²) >= 11 is 0. The zero-order chi connectivity index (χ0) is 29.9. The molecule has 0 aliphatic heterocycles. The maximum Gasteiger partial charge on any atom is 0.182 e. The number of pyridine rings is 3. The Morgan fingerprint density at radius 1 is 0.535 bits per heavy atom. The monoisotopic (exact) mass is 561 g/mol. The average Bonchev–Trinajstić information content (AvgIpc) is 3.44. The molecule has 0 radical (unpaired) electrons. The third-order valence-electron chi connectivity index (χ3n) is 8.08. The standard InChI is InChI=1S/C38H35N5/c1-37(2,3)31-21-19-26-18-20-29-30(23-32(38(4,5)6)40-34(29)33(26)39-31)25-14-16-27(17-15-25)35-41-36-28(13-10-22-43(36)42-35)24-11-8-7-9-12-24/h7-23H,1-6H3. The molecule has 0 aliphatic rings. The molecule has 3 aromatic carbocycles. The van der Waals surface area contributed by atoms with Gasteiger partial charge in [0.05, 0.1) is 11.0 Å². The van der Waals surface area contributed by atoms with Gasteiger partial charge >= 0.3 is 0 Å². The van der Waals surface area contributed by atoms with E-state index in [1.165, 1.54) is 0 Å². The smallest absolute Gasteiger partial charge is 0.182 e. The molecule has 0 atom stereocenters. The van der Waals surface area contributed by atoms with Gasteiger partial charge in [-0.3, -0.25) is 0 Å². The minimum absolute atomic E-state index is 0.0511. The zero-order valence-corrected chi connectivity index (χ0v) is 25.6. The van der Waals surface area contributed by atoms with Crippen LogP contribution in [0, 0.1) is 0 Å². The van der Waals surface area contributed by atoms with Gasteiger partial charge in [-0.25, -0.2) is 19.5 Å². The van der Waals surface area contributed by atoms with E-state index in [-0.39, 0.29) is 10.8 Å². The summed E-state index contributed by atoms with van der Waals surface area (Å²) in [6.07, 6.45) is 1.95. The molecule has 0 bridgehead atoms. The lowest BCUT2D eigenvalue weighted by Crippen LogP contribution is -2.15. The van der Waals surface area contributed by atoms with Gasteiger partial charge in [0.25, 0.3) is 0 Å². The van der Waals surface area contributed by atoms with Crippen LogP contribution in [0.2, 0.25) is 0 Å². The molecule has 7 aromatic rings. The third-order valence-corrected chi connectivity index (χ3v) is 8.08. The van der Waals surface area contributed by atoms with Crippen LogP contribution in [0.3, 0.4) is 0 Å². The predicted octanol–water partition coefficient (Wildman–Crippen LogP) is 9.42. The second kappa shape index (κ2) is 9.84. The Bertz CT molecular complexity index is 2130. The fourth-order valence-corrected chi connectivity index (χ4v) is 5.58. The quantitative estimate of drug-likeness (QED) is 0.202. The molecule has 0 fully saturated rings. The van der Waals surface area contributed by atoms with E-state index in [4.69, 9.17) is 20.1 Å². The average molecular weight is 562 g/mol. The molecule has 4 aromatic heterocycles. The third kappa shape index (κ3) is 4.85. The maximum absolute atomic E-state index is 5.22. The molecular formula is C38H35N5. The number of hydrogen-bond donors (Lipinski definition) is 0. The van der Waals surface area contributed by atoms with Gasteiger partial charge in [0.2, 0.25) is 0 Å². The van der Waals surface area contributed by atoms with Crippen LogP contribution in [0.15, 0.2) is 103 Å². The molecule has 43 heavy (non-hydrogen) atoms. The second-order valence-corrected chi connectivity index (χ2v) is 13.4. The molecule has 0 saturated heterocycles. The molecule has 0 aliphatic carbocycles. The summed E-state index contributed by atoms with van der Waals surface area (Å²) in [5.74, 6) is 0.704. The van der Waals surface area contributed by atoms with Crippen LogP contribution in [-0.2, 0) is 10.8 Å². The molecule has 0 spiro atoms. The van der Waals surface area contributed by atoms with Crippen LogP contribution in [0.5, 0.6) is 0 Å². The van der Waals surface area contributed by atoms with E-state index in [2.05, 4.69) is 114 Å². The van der Waals surface area contributed by atoms with Crippen molar-refractivity contribution in [2.24, 2.45) is 0 Å². The van der Waals surface area contributed by atoms with Gasteiger partial charge in [-0.1, -0.05) is 114 Å². The first-order valence-corrected chi connectivity index (χ1v) is 14.8. The van der Waals surface area contributed by atoms with Crippen molar-refractivity contribution in [1.82, 2.24) is 24.6 Å². The Kier molecular flexibility index (Phi) is 6.17. The van der Waals surface area contributed by atoms with Crippen LogP contribution >= 0.6 is 0 Å². The summed E-state index contributed by atoms with van der Waals surface area (Å²) in [7, 11) is 0. The molecule has 0 unspecified atom stereocenters. The number of fused-ring (bicyclic) bond motifs is 4. The van der Waals surface area contributed by atoms with Crippen molar-refractivity contribution in [2.75, 3.05) is 0 Å². The first-order valence-electron chi connectivity index (χ1n) is 14.8. The van der Waals surface area contributed by atoms with Crippen LogP contribution in [-0.4, -0.2) is 24.6 Å². The van der Waals surface area contributed by atoms with E-state index in [1.54, 1.807) is 0 Å². The highest BCUT2D eigenvalue weighted by atomic mass is 15.3. The van der Waals surface area contributed by atoms with Gasteiger partial charge in [0.1, 0.15) is 0 Å². The number of aromatic nitrogens is 5. The zero-order valence-electron chi connectivity index (χ0n) is 25.6. The molecular weight excluding hydrogens is 526 g/mol. The molecule has 5 nitrogen and oxygen atoms in total. The van der Waals surface area contributed by atoms with Gasteiger partial charge in [-0.15, -0.1) is 5.10 Å². The van der Waals surface area contributed by atoms with Crippen molar-refractivity contribution >= 4 is 27.5 Å². The summed E-state index contributed by atoms with van der Waals surface area (Å²) in [5.41, 5.74) is 10.1. The first-order chi connectivity index (χ1) is 20.6. The largest absolute Gasteiger partial charge is 0.250 e. The highest BCUT2D eigenvalue weighted by molar-refractivity contribution is 6.08. The van der Waals surface area contributed by atoms with Gasteiger partial charge in [-0.05, 0) is 41.0 Å². The van der Waals surface area contributed by atoms with Crippen molar-refractivity contribution < 1.29 is 0 Å². The van der Waals surface area contributed by atoms with E-state index in [1.807, 2.05) is 35.0 Å². The normalized spacial score (nSPS) is 12.4. The van der Waals surface area contributed by atoms with Crippen molar-refractivity contribution in [3.63, 3.8) is 0 Å². The van der Waals surface area contributed by atoms with E-state index in [0.717, 1.165) is 66.7 Å². The predicted molar refractivity (Wildman–Crippen MR) is 177 cm³/mol. The summed E-state index contributed by atoms with van der Waals surface area (Å²) in [6, 6.07) is 33.9. The Hall–Kier alpha value is -4.90. The molecule has 0 saturated carbocycles. The summed E-state index contributed by atoms with van der Waals surface area (Å²) < 4.78 is 1.86. The number of rotatable bonds is 3. The van der Waals surface area contributed by atoms with Crippen molar-refractivity contribution in [3.05, 3.63) is 115 Å². The van der Waals surface area contributed by atoms with Gasteiger partial charge < -0.3 is 0 Å². The number of hydrogen-bond acceptors (Lipinski definition) is 4. The second-order valence-electron chi connectivity index (χ2n) is 13.4. The molecule has 0 N–H and O–H groups in total. The van der Waals surface area contributed by atoms with E-state index in [0.29, 0.717) is 5.82 Å². The highest BCUT2D eigenvalue weighted by Crippen LogP contribution is 2.37. The number of benzene rings is 3. The molecule has 0 amide bonds. The van der Waals surface area contributed by atoms with Crippen molar-refractivity contribution in [2.45, 2.75) is 52.4 Å². The molecule has 212 valence electrons. The van der Waals surface area contributed by atoms with Crippen LogP contribution in [0.4, 0.5) is 0 Å². The fourth-order valence-electron chi connectivity index (χ4n) is 5.58. The summed E-state index contributed by atoms with van der Waals surface area (Å²) in [4.78, 5) is 15.3. The Morgan fingerprint density at radius 3 is 1.91 bits per heavy atom. The van der Waals surface area contributed by atoms with E-state index >= 15 is 0 Å². The van der Waals surface area contributed by atoms with Crippen LogP contribution in [0.25, 0.3) is 61.1 Å². The summed E-state index contributed by atoms with van der Waals surface area (Å²) in [5, 5.41) is 7.02. The van der Waals surface area contributed by atoms with E-state index in [9.17, 15) is 0 Å². The van der Waals surface area contributed by atoms with Gasteiger partial charge in [-0.2, -0.15) is 0 Å². The SMILES string of the molecule is CC(C)(C)c1ccc2ccc3c(-c4ccc(-c5nc6c(-c7ccccc7)cccn6n5)cc4)cc(C(C)(C)C)nc3c2n1. The lowest BCUT2D eigenvalue weighted by molar-refractivity contribution is 0.570. The van der Waals surface area contributed by atoms with Crippen molar-refractivity contribution in [1.29, 1.82) is 0 Å². The maximum atomic E-state index is 5.22. The Labute approximate surface area is 252 Å². The first kappa shape index (κ1) is 27.0. The van der Waals surface area contributed by atoms with Crippen molar-refractivity contribution in [3.8, 4) is 33.6 Å². The lowest BCUT2D eigenvalue weighted by atomic mass is 9.87. The minimum Gasteiger partial charge on any atom is -0.250 e. The van der Waals surface area contributed by atoms with Gasteiger partial charge in [0.15, 0.2) is 11.5 Å². The fraction of sp³-hybridized carbons (Fsp3) is 0.211. The number of nitrogens with zero attached hydrogens (tertiary/aromatic N) is 5.